The molecule has 10 heteroatoms. The number of hydrogen-bond acceptors (Lipinski definition) is 6. The van der Waals surface area contributed by atoms with Crippen molar-refractivity contribution in [3.63, 3.8) is 0 Å². The number of phenolic OH excluding ortho intramolecular Hbond substituents is 1. The van der Waals surface area contributed by atoms with Gasteiger partial charge in [0.15, 0.2) is 6.61 Å². The number of carbonyl (C=O) groups is 1. The molecule has 0 aromatic heterocycles. The normalized spacial score (nSPS) is 21.0. The first-order chi connectivity index (χ1) is 23.7. The monoisotopic (exact) mass is 750 g/mol. The Balaban J connectivity index is 1.67. The number of halogens is 2. The van der Waals surface area contributed by atoms with Crippen molar-refractivity contribution in [1.29, 1.82) is 0 Å². The van der Waals surface area contributed by atoms with Gasteiger partial charge in [0.1, 0.15) is 25.8 Å². The maximum Gasteiger partial charge on any atom is 0.343 e. The maximum absolute atomic E-state index is 16.4. The van der Waals surface area contributed by atoms with E-state index in [2.05, 4.69) is 0 Å². The van der Waals surface area contributed by atoms with Crippen LogP contribution in [0.4, 0.5) is 0 Å². The summed E-state index contributed by atoms with van der Waals surface area (Å²) in [6, 6.07) is 7.18. The van der Waals surface area contributed by atoms with E-state index in [0.717, 1.165) is 128 Å². The lowest BCUT2D eigenvalue weighted by Crippen LogP contribution is -2.33. The van der Waals surface area contributed by atoms with E-state index in [9.17, 15) is 9.90 Å². The van der Waals surface area contributed by atoms with Gasteiger partial charge in [-0.25, -0.2) is 4.79 Å². The van der Waals surface area contributed by atoms with Crippen LogP contribution in [-0.4, -0.2) is 47.4 Å². The lowest BCUT2D eigenvalue weighted by atomic mass is 9.99. The molecule has 0 atom stereocenters. The first-order valence-electron chi connectivity index (χ1n) is 18.9. The number of methoxy groups -OCH3 is 1. The Morgan fingerprint density at radius 1 is 0.633 bits per heavy atom. The summed E-state index contributed by atoms with van der Waals surface area (Å²) in [6.45, 7) is -0.413. The largest absolute Gasteiger partial charge is 0.506 e. The molecule has 0 bridgehead atoms. The van der Waals surface area contributed by atoms with Crippen LogP contribution >= 0.6 is 37.5 Å². The van der Waals surface area contributed by atoms with Crippen molar-refractivity contribution in [2.75, 3.05) is 13.7 Å². The average molecular weight is 752 g/mol. The molecule has 1 N–H and O–H groups in total. The Morgan fingerprint density at radius 2 is 1.00 bits per heavy atom. The third kappa shape index (κ3) is 7.42. The molecule has 4 fully saturated rings. The van der Waals surface area contributed by atoms with Gasteiger partial charge in [-0.2, -0.15) is 0 Å². The maximum atomic E-state index is 16.4. The van der Waals surface area contributed by atoms with Gasteiger partial charge in [-0.3, -0.25) is 0 Å². The van der Waals surface area contributed by atoms with Crippen LogP contribution in [0.2, 0.25) is 10.0 Å². The molecule has 0 aliphatic heterocycles. The van der Waals surface area contributed by atoms with Crippen molar-refractivity contribution in [2.24, 2.45) is 0 Å². The summed E-state index contributed by atoms with van der Waals surface area (Å²) in [6.07, 6.45) is 19.8. The molecule has 0 amide bonds. The van der Waals surface area contributed by atoms with E-state index in [1.807, 2.05) is 12.1 Å². The highest BCUT2D eigenvalue weighted by molar-refractivity contribution is 7.74. The second kappa shape index (κ2) is 16.5. The molecule has 0 saturated heterocycles. The van der Waals surface area contributed by atoms with Gasteiger partial charge in [0.05, 0.1) is 17.2 Å². The average Bonchev–Trinajstić information content (AvgIpc) is 3.16. The zero-order valence-electron chi connectivity index (χ0n) is 29.1. The van der Waals surface area contributed by atoms with Gasteiger partial charge in [0, 0.05) is 44.4 Å². The summed E-state index contributed by atoms with van der Waals surface area (Å²) in [4.78, 5) is 12.5. The highest BCUT2D eigenvalue weighted by Gasteiger charge is 2.48. The van der Waals surface area contributed by atoms with Gasteiger partial charge in [-0.1, -0.05) is 100 Å². The SMILES string of the molecule is COC(=O)COc1c(Cl)ccc(P(=O)(C2CCCCC2)C2CCCCC2)c1-c1c(P(=O)(C2CCCCC2)C2CCCCC2)ccc(Cl)c1O. The number of hydrogen-bond donors (Lipinski definition) is 1. The minimum atomic E-state index is -3.20. The fourth-order valence-electron chi connectivity index (χ4n) is 9.75. The molecule has 49 heavy (non-hydrogen) atoms. The van der Waals surface area contributed by atoms with Crippen LogP contribution in [0.3, 0.4) is 0 Å². The molecule has 6 nitrogen and oxygen atoms in total. The van der Waals surface area contributed by atoms with E-state index in [0.29, 0.717) is 21.7 Å². The molecule has 4 saturated carbocycles. The topological polar surface area (TPSA) is 89.9 Å². The van der Waals surface area contributed by atoms with Crippen LogP contribution in [0, 0.1) is 0 Å². The second-order valence-electron chi connectivity index (χ2n) is 15.0. The van der Waals surface area contributed by atoms with Gasteiger partial charge >= 0.3 is 5.97 Å². The molecule has 0 spiro atoms. The third-order valence-electron chi connectivity index (χ3n) is 12.2. The van der Waals surface area contributed by atoms with E-state index in [-0.39, 0.29) is 44.2 Å². The third-order valence-corrected chi connectivity index (χ3v) is 21.5. The number of aromatic hydroxyl groups is 1. The minimum Gasteiger partial charge on any atom is -0.506 e. The Labute approximate surface area is 303 Å². The van der Waals surface area contributed by atoms with Crippen molar-refractivity contribution < 1.29 is 28.5 Å². The number of benzene rings is 2. The molecular weight excluding hydrogens is 697 g/mol. The summed E-state index contributed by atoms with van der Waals surface area (Å²) in [5.41, 5.74) is 0.731. The molecule has 0 unspecified atom stereocenters. The Bertz CT molecular complexity index is 1530. The molecule has 2 aromatic rings. The fourth-order valence-corrected chi connectivity index (χ4v) is 19.2. The highest BCUT2D eigenvalue weighted by atomic mass is 35.5. The lowest BCUT2D eigenvalue weighted by Gasteiger charge is -2.41. The Morgan fingerprint density at radius 3 is 1.39 bits per heavy atom. The van der Waals surface area contributed by atoms with Crippen molar-refractivity contribution >= 4 is 54.1 Å². The number of phenols is 1. The zero-order chi connectivity index (χ0) is 34.6. The van der Waals surface area contributed by atoms with E-state index < -0.39 is 26.9 Å². The molecule has 4 aliphatic rings. The molecule has 4 aliphatic carbocycles. The smallest absolute Gasteiger partial charge is 0.343 e. The summed E-state index contributed by atoms with van der Waals surface area (Å²) in [5.74, 6) is -0.592. The van der Waals surface area contributed by atoms with Crippen LogP contribution < -0.4 is 15.3 Å². The molecule has 0 radical (unpaired) electrons. The van der Waals surface area contributed by atoms with Crippen molar-refractivity contribution in [3.05, 3.63) is 34.3 Å². The zero-order valence-corrected chi connectivity index (χ0v) is 32.4. The molecule has 2 aromatic carbocycles. The Hall–Kier alpha value is -1.45. The quantitative estimate of drug-likeness (QED) is 0.192. The Kier molecular flexibility index (Phi) is 12.6. The summed E-state index contributed by atoms with van der Waals surface area (Å²) in [5, 5.41) is 13.8. The minimum absolute atomic E-state index is 0.00533. The summed E-state index contributed by atoms with van der Waals surface area (Å²) >= 11 is 13.8. The van der Waals surface area contributed by atoms with E-state index in [1.54, 1.807) is 12.1 Å². The van der Waals surface area contributed by atoms with Crippen LogP contribution in [-0.2, 0) is 18.7 Å². The van der Waals surface area contributed by atoms with E-state index >= 15 is 9.13 Å². The van der Waals surface area contributed by atoms with Crippen LogP contribution in [0.1, 0.15) is 128 Å². The van der Waals surface area contributed by atoms with Crippen LogP contribution in [0.15, 0.2) is 24.3 Å². The first-order valence-corrected chi connectivity index (χ1v) is 23.4. The second-order valence-corrected chi connectivity index (χ2v) is 22.5. The molecule has 270 valence electrons. The van der Waals surface area contributed by atoms with Crippen LogP contribution in [0.5, 0.6) is 11.5 Å². The predicted molar refractivity (Wildman–Crippen MR) is 203 cm³/mol. The number of ether oxygens (including phenoxy) is 2. The molecule has 0 heterocycles. The molecular formula is C39H54Cl2O6P2. The van der Waals surface area contributed by atoms with E-state index in [4.69, 9.17) is 32.7 Å². The van der Waals surface area contributed by atoms with E-state index in [1.165, 1.54) is 7.11 Å². The van der Waals surface area contributed by atoms with Gasteiger partial charge in [0.2, 0.25) is 0 Å². The van der Waals surface area contributed by atoms with Gasteiger partial charge < -0.3 is 23.7 Å². The summed E-state index contributed by atoms with van der Waals surface area (Å²) in [7, 11) is -5.08. The van der Waals surface area contributed by atoms with Crippen molar-refractivity contribution in [2.45, 2.75) is 151 Å². The fraction of sp³-hybridized carbons (Fsp3) is 0.667. The van der Waals surface area contributed by atoms with Gasteiger partial charge in [-0.15, -0.1) is 0 Å². The van der Waals surface area contributed by atoms with Crippen molar-refractivity contribution in [1.82, 2.24) is 0 Å². The highest BCUT2D eigenvalue weighted by Crippen LogP contribution is 2.67. The molecule has 6 rings (SSSR count). The first kappa shape index (κ1) is 37.3. The van der Waals surface area contributed by atoms with Gasteiger partial charge in [-0.05, 0) is 75.6 Å². The number of rotatable bonds is 10. The van der Waals surface area contributed by atoms with Crippen LogP contribution in [0.25, 0.3) is 11.1 Å². The standard InChI is InChI=1S/C39H54Cl2O6P2/c1-46-35(42)26-47-39-32(41)23-25-34(49(45,29-18-10-4-11-19-29)30-20-12-5-13-21-30)37(39)36-33(24-22-31(40)38(36)43)48(44,27-14-6-2-7-15-27)28-16-8-3-9-17-28/h22-25,27-30,43H,2-21,26H2,1H3. The summed E-state index contributed by atoms with van der Waals surface area (Å²) < 4.78 is 43.9. The lowest BCUT2D eigenvalue weighted by molar-refractivity contribution is -0.142. The number of esters is 1. The predicted octanol–water partition coefficient (Wildman–Crippen LogP) is 11.2. The number of carbonyl (C=O) groups excluding carboxylic acids is 1. The van der Waals surface area contributed by atoms with Crippen molar-refractivity contribution in [3.8, 4) is 22.6 Å². The van der Waals surface area contributed by atoms with Gasteiger partial charge in [0.25, 0.3) is 0 Å².